The summed E-state index contributed by atoms with van der Waals surface area (Å²) in [7, 11) is 0. The number of rotatable bonds is 1. The van der Waals surface area contributed by atoms with Gasteiger partial charge >= 0.3 is 0 Å². The molecule has 1 radical (unpaired) electrons. The van der Waals surface area contributed by atoms with Gasteiger partial charge in [0.05, 0.1) is 0 Å². The van der Waals surface area contributed by atoms with Crippen molar-refractivity contribution in [1.82, 2.24) is 0 Å². The van der Waals surface area contributed by atoms with E-state index in [4.69, 9.17) is 0 Å². The lowest BCUT2D eigenvalue weighted by atomic mass is 10.1. The van der Waals surface area contributed by atoms with E-state index in [1.165, 1.54) is 0 Å². The van der Waals surface area contributed by atoms with Crippen molar-refractivity contribution in [2.45, 2.75) is 19.3 Å². The summed E-state index contributed by atoms with van der Waals surface area (Å²) in [5.41, 5.74) is 0. The molecule has 1 saturated carbocycles. The van der Waals surface area contributed by atoms with Gasteiger partial charge in [-0.25, -0.2) is 8.78 Å². The largest absolute Gasteiger partial charge is 0.251 e. The molecule has 0 aliphatic heterocycles. The van der Waals surface area contributed by atoms with E-state index in [0.29, 0.717) is 0 Å². The number of halogens is 2. The molecule has 8 heavy (non-hydrogen) atoms. The van der Waals surface area contributed by atoms with Crippen LogP contribution in [0.3, 0.4) is 0 Å². The average Bonchev–Trinajstić information content (AvgIpc) is 2.13. The van der Waals surface area contributed by atoms with Gasteiger partial charge in [0.25, 0.3) is 5.92 Å². The van der Waals surface area contributed by atoms with Crippen molar-refractivity contribution in [3.63, 3.8) is 0 Å². The van der Waals surface area contributed by atoms with Gasteiger partial charge in [-0.1, -0.05) is 6.92 Å². The van der Waals surface area contributed by atoms with Crippen molar-refractivity contribution in [2.75, 3.05) is 0 Å². The highest BCUT2D eigenvalue weighted by atomic mass is 19.3. The van der Waals surface area contributed by atoms with Crippen LogP contribution in [-0.2, 0) is 0 Å². The molecule has 0 aromatic heterocycles. The molecule has 0 spiro atoms. The highest BCUT2D eigenvalue weighted by Crippen LogP contribution is 2.52. The third-order valence-corrected chi connectivity index (χ3v) is 1.56. The third-order valence-electron chi connectivity index (χ3n) is 1.56. The van der Waals surface area contributed by atoms with Gasteiger partial charge in [-0.2, -0.15) is 0 Å². The molecule has 2 unspecified atom stereocenters. The Morgan fingerprint density at radius 1 is 1.75 bits per heavy atom. The summed E-state index contributed by atoms with van der Waals surface area (Å²) in [4.78, 5) is 0. The van der Waals surface area contributed by atoms with E-state index in [2.05, 4.69) is 6.92 Å². The second kappa shape index (κ2) is 1.42. The van der Waals surface area contributed by atoms with Gasteiger partial charge in [0, 0.05) is 12.3 Å². The molecule has 1 fully saturated rings. The first-order chi connectivity index (χ1) is 3.54. The summed E-state index contributed by atoms with van der Waals surface area (Å²) in [6.45, 7) is 5.24. The first-order valence-electron chi connectivity index (χ1n) is 2.75. The molecule has 2 heteroatoms. The van der Waals surface area contributed by atoms with Crippen LogP contribution in [0.2, 0.25) is 0 Å². The molecule has 2 atom stereocenters. The average molecular weight is 119 g/mol. The first-order valence-corrected chi connectivity index (χ1v) is 2.75. The Labute approximate surface area is 47.9 Å². The fraction of sp³-hybridized carbons (Fsp3) is 0.833. The normalized spacial score (nSPS) is 33.4. The fourth-order valence-corrected chi connectivity index (χ4v) is 0.852. The summed E-state index contributed by atoms with van der Waals surface area (Å²) >= 11 is 0. The Kier molecular flexibility index (Phi) is 1.07. The van der Waals surface area contributed by atoms with Gasteiger partial charge in [-0.15, -0.1) is 0 Å². The van der Waals surface area contributed by atoms with Crippen molar-refractivity contribution in [3.8, 4) is 0 Å². The topological polar surface area (TPSA) is 0 Å². The van der Waals surface area contributed by atoms with Crippen molar-refractivity contribution < 1.29 is 8.78 Å². The third kappa shape index (κ3) is 0.837. The molecule has 0 aromatic carbocycles. The minimum Gasteiger partial charge on any atom is -0.207 e. The van der Waals surface area contributed by atoms with E-state index >= 15 is 0 Å². The lowest BCUT2D eigenvalue weighted by Crippen LogP contribution is -1.99. The maximum absolute atomic E-state index is 12.0. The van der Waals surface area contributed by atoms with Crippen LogP contribution in [0.4, 0.5) is 8.78 Å². The maximum Gasteiger partial charge on any atom is 0.251 e. The molecule has 1 aliphatic carbocycles. The van der Waals surface area contributed by atoms with Gasteiger partial charge < -0.3 is 0 Å². The number of hydrogen-bond acceptors (Lipinski definition) is 0. The van der Waals surface area contributed by atoms with Gasteiger partial charge in [0.2, 0.25) is 0 Å². The van der Waals surface area contributed by atoms with Gasteiger partial charge in [-0.3, -0.25) is 0 Å². The molecule has 0 bridgehead atoms. The minimum absolute atomic E-state index is 0.0532. The zero-order chi connectivity index (χ0) is 6.36. The molecule has 0 saturated heterocycles. The van der Waals surface area contributed by atoms with E-state index in [1.54, 1.807) is 6.92 Å². The van der Waals surface area contributed by atoms with Crippen molar-refractivity contribution in [2.24, 2.45) is 11.8 Å². The van der Waals surface area contributed by atoms with Crippen LogP contribution in [0.15, 0.2) is 0 Å². The standard InChI is InChI=1S/C6H9F2/c1-4(2)5-3-6(5,7)8/h4-5H,1,3H2,2H3. The minimum atomic E-state index is -2.37. The molecular formula is C6H9F2. The maximum atomic E-state index is 12.0. The van der Waals surface area contributed by atoms with Crippen LogP contribution in [-0.4, -0.2) is 5.92 Å². The van der Waals surface area contributed by atoms with Crippen LogP contribution in [0.25, 0.3) is 0 Å². The molecular weight excluding hydrogens is 110 g/mol. The monoisotopic (exact) mass is 119 g/mol. The van der Waals surface area contributed by atoms with Crippen molar-refractivity contribution >= 4 is 0 Å². The summed E-state index contributed by atoms with van der Waals surface area (Å²) in [6.07, 6.45) is 0.0532. The Hall–Kier alpha value is -0.140. The van der Waals surface area contributed by atoms with Crippen molar-refractivity contribution in [1.29, 1.82) is 0 Å². The predicted octanol–water partition coefficient (Wildman–Crippen LogP) is 2.11. The summed E-state index contributed by atoms with van der Waals surface area (Å²) in [5, 5.41) is 0. The summed E-state index contributed by atoms with van der Waals surface area (Å²) < 4.78 is 24.0. The van der Waals surface area contributed by atoms with Crippen LogP contribution < -0.4 is 0 Å². The van der Waals surface area contributed by atoms with Crippen LogP contribution in [0.5, 0.6) is 0 Å². The van der Waals surface area contributed by atoms with Crippen molar-refractivity contribution in [3.05, 3.63) is 6.92 Å². The van der Waals surface area contributed by atoms with E-state index in [-0.39, 0.29) is 12.3 Å². The molecule has 47 valence electrons. The Morgan fingerprint density at radius 3 is 2.12 bits per heavy atom. The second-order valence-corrected chi connectivity index (χ2v) is 2.55. The molecule has 0 aromatic rings. The highest BCUT2D eigenvalue weighted by Gasteiger charge is 2.57. The van der Waals surface area contributed by atoms with Gasteiger partial charge in [0.1, 0.15) is 0 Å². The Balaban J connectivity index is 2.37. The van der Waals surface area contributed by atoms with E-state index in [1.807, 2.05) is 0 Å². The van der Waals surface area contributed by atoms with Crippen LogP contribution >= 0.6 is 0 Å². The molecule has 1 aliphatic rings. The highest BCUT2D eigenvalue weighted by molar-refractivity contribution is 4.98. The van der Waals surface area contributed by atoms with E-state index in [9.17, 15) is 8.78 Å². The Bertz CT molecular complexity index is 96.7. The molecule has 0 heterocycles. The lowest BCUT2D eigenvalue weighted by molar-refractivity contribution is 0.0913. The van der Waals surface area contributed by atoms with E-state index < -0.39 is 11.8 Å². The molecule has 0 amide bonds. The number of alkyl halides is 2. The summed E-state index contributed by atoms with van der Waals surface area (Å²) in [6, 6.07) is 0. The van der Waals surface area contributed by atoms with Crippen LogP contribution in [0.1, 0.15) is 13.3 Å². The SMILES string of the molecule is [CH2]C(C)C1CC1(F)F. The smallest absolute Gasteiger partial charge is 0.207 e. The predicted molar refractivity (Wildman–Crippen MR) is 27.6 cm³/mol. The zero-order valence-corrected chi connectivity index (χ0v) is 4.82. The molecule has 0 nitrogen and oxygen atoms in total. The molecule has 1 rings (SSSR count). The molecule has 0 N–H and O–H groups in total. The van der Waals surface area contributed by atoms with E-state index in [0.717, 1.165) is 0 Å². The first kappa shape index (κ1) is 5.99. The number of hydrogen-bond donors (Lipinski definition) is 0. The lowest BCUT2D eigenvalue weighted by Gasteiger charge is -1.98. The summed E-state index contributed by atoms with van der Waals surface area (Å²) in [5.74, 6) is -2.89. The zero-order valence-electron chi connectivity index (χ0n) is 4.82. The van der Waals surface area contributed by atoms with Gasteiger partial charge in [0.15, 0.2) is 0 Å². The second-order valence-electron chi connectivity index (χ2n) is 2.55. The van der Waals surface area contributed by atoms with Crippen LogP contribution in [0, 0.1) is 18.8 Å². The Morgan fingerprint density at radius 2 is 2.12 bits per heavy atom. The quantitative estimate of drug-likeness (QED) is 0.496. The van der Waals surface area contributed by atoms with Gasteiger partial charge in [-0.05, 0) is 12.8 Å². The fourth-order valence-electron chi connectivity index (χ4n) is 0.852.